The summed E-state index contributed by atoms with van der Waals surface area (Å²) in [5, 5.41) is 8.53. The molecule has 1 atom stereocenters. The van der Waals surface area contributed by atoms with Gasteiger partial charge in [0, 0.05) is 30.8 Å². The van der Waals surface area contributed by atoms with Crippen LogP contribution in [0.4, 0.5) is 21.9 Å². The first-order chi connectivity index (χ1) is 23.1. The summed E-state index contributed by atoms with van der Waals surface area (Å²) in [5.74, 6) is -0.852. The number of fused-ring (bicyclic) bond motifs is 1. The predicted octanol–water partition coefficient (Wildman–Crippen LogP) is 5.23. The minimum Gasteiger partial charge on any atom is -0.495 e. The molecule has 0 aliphatic carbocycles. The average Bonchev–Trinajstić information content (AvgIpc) is 3.08. The molecule has 1 aliphatic heterocycles. The monoisotopic (exact) mass is 658 g/mol. The minimum atomic E-state index is -0.641. The number of ether oxygens (including phenoxy) is 3. The van der Waals surface area contributed by atoms with Crippen LogP contribution in [0.25, 0.3) is 0 Å². The Labute approximate surface area is 280 Å². The van der Waals surface area contributed by atoms with Crippen molar-refractivity contribution in [1.82, 2.24) is 5.32 Å². The van der Waals surface area contributed by atoms with Gasteiger partial charge in [0.05, 0.1) is 45.9 Å². The third-order valence-corrected chi connectivity index (χ3v) is 8.13. The van der Waals surface area contributed by atoms with Crippen LogP contribution in [0.2, 0.25) is 0 Å². The zero-order chi connectivity index (χ0) is 34.6. The molecule has 0 bridgehead atoms. The predicted molar refractivity (Wildman–Crippen MR) is 181 cm³/mol. The second-order valence-electron chi connectivity index (χ2n) is 11.5. The molecule has 3 N–H and O–H groups in total. The van der Waals surface area contributed by atoms with Gasteiger partial charge in [-0.3, -0.25) is 19.2 Å². The van der Waals surface area contributed by atoms with E-state index in [-0.39, 0.29) is 37.5 Å². The van der Waals surface area contributed by atoms with Gasteiger partial charge in [0.2, 0.25) is 11.8 Å². The van der Waals surface area contributed by atoms with Gasteiger partial charge in [0.25, 0.3) is 0 Å². The third kappa shape index (κ3) is 9.57. The number of amides is 4. The van der Waals surface area contributed by atoms with Crippen LogP contribution in [0, 0.1) is 6.92 Å². The number of esters is 2. The molecule has 0 radical (unpaired) electrons. The molecule has 254 valence electrons. The number of methoxy groups -OCH3 is 3. The maximum atomic E-state index is 13.6. The van der Waals surface area contributed by atoms with Gasteiger partial charge >= 0.3 is 18.0 Å². The first kappa shape index (κ1) is 35.5. The number of nitrogens with one attached hydrogen (secondary N) is 3. The van der Waals surface area contributed by atoms with Crippen LogP contribution in [-0.4, -0.2) is 57.7 Å². The summed E-state index contributed by atoms with van der Waals surface area (Å²) in [6.45, 7) is 2.45. The first-order valence-electron chi connectivity index (χ1n) is 15.8. The van der Waals surface area contributed by atoms with Gasteiger partial charge in [0.1, 0.15) is 5.75 Å². The minimum absolute atomic E-state index is 0.0685. The summed E-state index contributed by atoms with van der Waals surface area (Å²) in [5.41, 5.74) is 5.23. The van der Waals surface area contributed by atoms with Gasteiger partial charge in [-0.15, -0.1) is 0 Å². The first-order valence-corrected chi connectivity index (χ1v) is 15.8. The summed E-state index contributed by atoms with van der Waals surface area (Å²) in [6.07, 6.45) is 2.05. The molecule has 0 saturated carbocycles. The Bertz CT molecular complexity index is 1660. The van der Waals surface area contributed by atoms with Crippen molar-refractivity contribution in [3.63, 3.8) is 0 Å². The number of carbonyl (C=O) groups is 5. The smallest absolute Gasteiger partial charge is 0.323 e. The Morgan fingerprint density at radius 1 is 0.854 bits per heavy atom. The summed E-state index contributed by atoms with van der Waals surface area (Å²) in [4.78, 5) is 64.3. The Morgan fingerprint density at radius 2 is 1.60 bits per heavy atom. The molecule has 1 aliphatic rings. The van der Waals surface area contributed by atoms with E-state index < -0.39 is 24.0 Å². The average molecular weight is 659 g/mol. The molecule has 3 aromatic carbocycles. The molecule has 48 heavy (non-hydrogen) atoms. The largest absolute Gasteiger partial charge is 0.495 e. The third-order valence-electron chi connectivity index (χ3n) is 8.13. The van der Waals surface area contributed by atoms with Gasteiger partial charge < -0.3 is 35.1 Å². The normalized spacial score (nSPS) is 12.6. The number of aryl methyl sites for hydroxylation is 2. The van der Waals surface area contributed by atoms with Gasteiger partial charge in [-0.25, -0.2) is 4.79 Å². The molecule has 0 saturated heterocycles. The fraction of sp³-hybridized carbons (Fsp3) is 0.361. The number of urea groups is 1. The number of carbonyl (C=O) groups excluding carboxylic acids is 5. The lowest BCUT2D eigenvalue weighted by molar-refractivity contribution is -0.141. The van der Waals surface area contributed by atoms with Gasteiger partial charge in [-0.05, 0) is 72.7 Å². The molecule has 12 heteroatoms. The van der Waals surface area contributed by atoms with Crippen molar-refractivity contribution < 1.29 is 38.2 Å². The highest BCUT2D eigenvalue weighted by Gasteiger charge is 2.26. The van der Waals surface area contributed by atoms with Crippen molar-refractivity contribution in [3.05, 3.63) is 82.9 Å². The summed E-state index contributed by atoms with van der Waals surface area (Å²) >= 11 is 0. The van der Waals surface area contributed by atoms with Crippen LogP contribution in [-0.2, 0) is 41.5 Å². The van der Waals surface area contributed by atoms with Crippen molar-refractivity contribution in [1.29, 1.82) is 0 Å². The van der Waals surface area contributed by atoms with Crippen LogP contribution < -0.4 is 25.6 Å². The van der Waals surface area contributed by atoms with E-state index >= 15 is 0 Å². The number of benzene rings is 3. The van der Waals surface area contributed by atoms with Crippen LogP contribution in [0.3, 0.4) is 0 Å². The molecule has 4 amide bonds. The Morgan fingerprint density at radius 3 is 2.33 bits per heavy atom. The molecule has 0 unspecified atom stereocenters. The van der Waals surface area contributed by atoms with Gasteiger partial charge in [-0.2, -0.15) is 0 Å². The Balaban J connectivity index is 1.44. The molecular weight excluding hydrogens is 616 g/mol. The molecule has 0 fully saturated rings. The van der Waals surface area contributed by atoms with Crippen LogP contribution in [0.5, 0.6) is 5.75 Å². The Hall–Kier alpha value is -5.39. The molecular formula is C36H42N4O8. The second kappa shape index (κ2) is 17.0. The topological polar surface area (TPSA) is 152 Å². The quantitative estimate of drug-likeness (QED) is 0.211. The lowest BCUT2D eigenvalue weighted by Gasteiger charge is -2.31. The summed E-state index contributed by atoms with van der Waals surface area (Å²) in [7, 11) is 4.09. The van der Waals surface area contributed by atoms with Crippen LogP contribution >= 0.6 is 0 Å². The highest BCUT2D eigenvalue weighted by molar-refractivity contribution is 6.01. The Kier molecular flexibility index (Phi) is 12.5. The van der Waals surface area contributed by atoms with Crippen molar-refractivity contribution in [2.24, 2.45) is 0 Å². The van der Waals surface area contributed by atoms with E-state index in [0.717, 1.165) is 35.2 Å². The van der Waals surface area contributed by atoms with Gasteiger partial charge in [-0.1, -0.05) is 36.4 Å². The fourth-order valence-electron chi connectivity index (χ4n) is 5.56. The highest BCUT2D eigenvalue weighted by Crippen LogP contribution is 2.32. The summed E-state index contributed by atoms with van der Waals surface area (Å²) in [6, 6.07) is 17.2. The van der Waals surface area contributed by atoms with Crippen LogP contribution in [0.15, 0.2) is 60.7 Å². The van der Waals surface area contributed by atoms with Crippen molar-refractivity contribution >= 4 is 46.8 Å². The zero-order valence-electron chi connectivity index (χ0n) is 27.7. The van der Waals surface area contributed by atoms with Crippen molar-refractivity contribution in [3.8, 4) is 5.75 Å². The fourth-order valence-corrected chi connectivity index (χ4v) is 5.56. The van der Waals surface area contributed by atoms with E-state index in [2.05, 4.69) is 20.7 Å². The van der Waals surface area contributed by atoms with E-state index in [1.54, 1.807) is 29.2 Å². The van der Waals surface area contributed by atoms with E-state index in [9.17, 15) is 24.0 Å². The lowest BCUT2D eigenvalue weighted by Crippen LogP contribution is -2.37. The van der Waals surface area contributed by atoms with E-state index in [1.165, 1.54) is 21.3 Å². The van der Waals surface area contributed by atoms with E-state index in [1.807, 2.05) is 43.3 Å². The number of rotatable bonds is 13. The second-order valence-corrected chi connectivity index (χ2v) is 11.5. The molecule has 3 aromatic rings. The van der Waals surface area contributed by atoms with E-state index in [4.69, 9.17) is 9.47 Å². The van der Waals surface area contributed by atoms with Crippen molar-refractivity contribution in [2.75, 3.05) is 43.4 Å². The molecule has 0 spiro atoms. The van der Waals surface area contributed by atoms with E-state index in [0.29, 0.717) is 35.7 Å². The molecule has 0 aromatic heterocycles. The SMILES string of the molecule is COC(=O)CCCC(=O)N[C@H](CC(=O)OC)c1ccc2c(c1)CCCN2C(=O)Cc1ccc(NC(=O)Nc2ccccc2C)c(OC)c1. The summed E-state index contributed by atoms with van der Waals surface area (Å²) < 4.78 is 15.0. The number of nitrogens with zero attached hydrogens (tertiary/aromatic N) is 1. The zero-order valence-corrected chi connectivity index (χ0v) is 27.7. The number of anilines is 3. The highest BCUT2D eigenvalue weighted by atomic mass is 16.5. The maximum absolute atomic E-state index is 13.6. The number of para-hydroxylation sites is 1. The maximum Gasteiger partial charge on any atom is 0.323 e. The molecule has 1 heterocycles. The van der Waals surface area contributed by atoms with Gasteiger partial charge in [0.15, 0.2) is 0 Å². The van der Waals surface area contributed by atoms with Crippen LogP contribution in [0.1, 0.15) is 60.4 Å². The standard InChI is InChI=1S/C36H42N4O8/c1-23-9-5-6-11-27(23)38-36(45)39-28-16-14-24(19-31(28)46-2)20-33(42)40-18-8-10-26-21-25(15-17-30(26)40)29(22-35(44)48-4)37-32(41)12-7-13-34(43)47-3/h5-6,9,11,14-17,19,21,29H,7-8,10,12-13,18,20,22H2,1-4H3,(H,37,41)(H2,38,39,45)/t29-/m1/s1. The number of hydrogen-bond acceptors (Lipinski definition) is 8. The number of hydrogen-bond donors (Lipinski definition) is 3. The molecule has 12 nitrogen and oxygen atoms in total. The van der Waals surface area contributed by atoms with Crippen molar-refractivity contribution in [2.45, 2.75) is 57.9 Å². The molecule has 4 rings (SSSR count). The lowest BCUT2D eigenvalue weighted by atomic mass is 9.94.